The minimum absolute atomic E-state index is 0.603. The Labute approximate surface area is 84.4 Å². The van der Waals surface area contributed by atoms with Crippen LogP contribution in [0.2, 0.25) is 0 Å². The number of halogens is 2. The van der Waals surface area contributed by atoms with E-state index < -0.39 is 0 Å². The molecule has 0 aromatic carbocycles. The summed E-state index contributed by atoms with van der Waals surface area (Å²) >= 11 is 5.20. The predicted octanol–water partition coefficient (Wildman–Crippen LogP) is 3.91. The predicted molar refractivity (Wildman–Crippen MR) is 58.5 cm³/mol. The molecular formula is C7H12I2. The molecular weight excluding hydrogens is 338 g/mol. The monoisotopic (exact) mass is 350 g/mol. The van der Waals surface area contributed by atoms with Gasteiger partial charge in [-0.25, -0.2) is 0 Å². The van der Waals surface area contributed by atoms with Crippen LogP contribution in [0.5, 0.6) is 0 Å². The first kappa shape index (κ1) is 8.56. The molecule has 1 aliphatic carbocycles. The van der Waals surface area contributed by atoms with E-state index in [0.29, 0.717) is 1.43 Å². The van der Waals surface area contributed by atoms with Crippen molar-refractivity contribution in [2.45, 2.75) is 40.0 Å². The molecule has 9 heavy (non-hydrogen) atoms. The van der Waals surface area contributed by atoms with Crippen molar-refractivity contribution in [3.05, 3.63) is 0 Å². The van der Waals surface area contributed by atoms with E-state index >= 15 is 0 Å². The van der Waals surface area contributed by atoms with Gasteiger partial charge < -0.3 is 0 Å². The Morgan fingerprint density at radius 1 is 0.778 bits per heavy atom. The van der Waals surface area contributed by atoms with Crippen LogP contribution >= 0.6 is 45.2 Å². The number of hydrogen-bond acceptors (Lipinski definition) is 0. The third kappa shape index (κ3) is 3.39. The van der Waals surface area contributed by atoms with Crippen LogP contribution in [-0.4, -0.2) is 1.43 Å². The maximum absolute atomic E-state index is 2.60. The molecule has 1 rings (SSSR count). The van der Waals surface area contributed by atoms with Crippen LogP contribution in [0.1, 0.15) is 38.5 Å². The Bertz CT molecular complexity index is 78.9. The van der Waals surface area contributed by atoms with Crippen LogP contribution < -0.4 is 0 Å². The lowest BCUT2D eigenvalue weighted by Gasteiger charge is -2.16. The fourth-order valence-electron chi connectivity index (χ4n) is 1.25. The van der Waals surface area contributed by atoms with Crippen LogP contribution in [-0.2, 0) is 0 Å². The summed E-state index contributed by atoms with van der Waals surface area (Å²) < 4.78 is 0.603. The SMILES string of the molecule is IC1(I)CCCCCC1. The van der Waals surface area contributed by atoms with E-state index in [0.717, 1.165) is 0 Å². The minimum Gasteiger partial charge on any atom is -0.0672 e. The van der Waals surface area contributed by atoms with Crippen molar-refractivity contribution in [3.8, 4) is 0 Å². The highest BCUT2D eigenvalue weighted by Crippen LogP contribution is 2.40. The van der Waals surface area contributed by atoms with E-state index in [4.69, 9.17) is 0 Å². The molecule has 0 nitrogen and oxygen atoms in total. The van der Waals surface area contributed by atoms with Gasteiger partial charge in [-0.1, -0.05) is 70.9 Å². The highest BCUT2D eigenvalue weighted by molar-refractivity contribution is 14.2. The molecule has 1 fully saturated rings. The molecule has 0 aromatic rings. The Balaban J connectivity index is 2.36. The van der Waals surface area contributed by atoms with Crippen molar-refractivity contribution < 1.29 is 0 Å². The summed E-state index contributed by atoms with van der Waals surface area (Å²) in [5.41, 5.74) is 0. The van der Waals surface area contributed by atoms with Crippen molar-refractivity contribution in [3.63, 3.8) is 0 Å². The van der Waals surface area contributed by atoms with Gasteiger partial charge in [-0.3, -0.25) is 0 Å². The molecule has 54 valence electrons. The lowest BCUT2D eigenvalue weighted by molar-refractivity contribution is 0.702. The first-order valence-corrected chi connectivity index (χ1v) is 5.74. The van der Waals surface area contributed by atoms with Crippen molar-refractivity contribution in [2.75, 3.05) is 0 Å². The molecule has 2 heteroatoms. The van der Waals surface area contributed by atoms with Crippen LogP contribution in [0.3, 0.4) is 0 Å². The molecule has 0 atom stereocenters. The summed E-state index contributed by atoms with van der Waals surface area (Å²) in [6.45, 7) is 0. The van der Waals surface area contributed by atoms with Gasteiger partial charge in [-0.05, 0) is 12.8 Å². The number of hydrogen-bond donors (Lipinski definition) is 0. The van der Waals surface area contributed by atoms with Crippen molar-refractivity contribution in [1.82, 2.24) is 0 Å². The second-order valence-electron chi connectivity index (χ2n) is 2.77. The zero-order valence-corrected chi connectivity index (χ0v) is 9.81. The summed E-state index contributed by atoms with van der Waals surface area (Å²) in [5.74, 6) is 0. The summed E-state index contributed by atoms with van der Waals surface area (Å²) in [6, 6.07) is 0. The van der Waals surface area contributed by atoms with Gasteiger partial charge >= 0.3 is 0 Å². The van der Waals surface area contributed by atoms with Crippen LogP contribution in [0, 0.1) is 0 Å². The molecule has 0 aliphatic heterocycles. The van der Waals surface area contributed by atoms with Gasteiger partial charge in [0.2, 0.25) is 0 Å². The molecule has 0 unspecified atom stereocenters. The quantitative estimate of drug-likeness (QED) is 0.353. The minimum atomic E-state index is 0.603. The summed E-state index contributed by atoms with van der Waals surface area (Å²) in [5, 5.41) is 0. The first-order chi connectivity index (χ1) is 4.21. The number of alkyl halides is 2. The molecule has 1 saturated carbocycles. The second-order valence-corrected chi connectivity index (χ2v) is 8.96. The Hall–Kier alpha value is 1.46. The summed E-state index contributed by atoms with van der Waals surface area (Å²) in [4.78, 5) is 0. The Morgan fingerprint density at radius 2 is 1.22 bits per heavy atom. The van der Waals surface area contributed by atoms with Crippen molar-refractivity contribution >= 4 is 45.2 Å². The van der Waals surface area contributed by atoms with Gasteiger partial charge in [0.05, 0.1) is 1.43 Å². The standard InChI is InChI=1S/C7H12I2/c8-7(9)5-3-1-2-4-6-7/h1-6H2. The van der Waals surface area contributed by atoms with Gasteiger partial charge in [-0.2, -0.15) is 0 Å². The molecule has 0 aromatic heterocycles. The van der Waals surface area contributed by atoms with E-state index in [1.165, 1.54) is 38.5 Å². The summed E-state index contributed by atoms with van der Waals surface area (Å²) in [6.07, 6.45) is 8.68. The van der Waals surface area contributed by atoms with Crippen LogP contribution in [0.4, 0.5) is 0 Å². The molecule has 0 amide bonds. The number of rotatable bonds is 0. The lowest BCUT2D eigenvalue weighted by atomic mass is 10.2. The fourth-order valence-corrected chi connectivity index (χ4v) is 2.77. The molecule has 0 bridgehead atoms. The lowest BCUT2D eigenvalue weighted by Crippen LogP contribution is -2.07. The van der Waals surface area contributed by atoms with E-state index in [1.807, 2.05) is 0 Å². The zero-order valence-electron chi connectivity index (χ0n) is 5.50. The first-order valence-electron chi connectivity index (χ1n) is 3.59. The van der Waals surface area contributed by atoms with Gasteiger partial charge in [0.15, 0.2) is 0 Å². The summed E-state index contributed by atoms with van der Waals surface area (Å²) in [7, 11) is 0. The molecule has 0 heterocycles. The normalized spacial score (nSPS) is 27.3. The van der Waals surface area contributed by atoms with Gasteiger partial charge in [0.1, 0.15) is 0 Å². The average Bonchev–Trinajstić information content (AvgIpc) is 1.92. The van der Waals surface area contributed by atoms with Crippen LogP contribution in [0.15, 0.2) is 0 Å². The molecule has 0 saturated heterocycles. The Morgan fingerprint density at radius 3 is 1.67 bits per heavy atom. The van der Waals surface area contributed by atoms with Gasteiger partial charge in [0, 0.05) is 0 Å². The van der Waals surface area contributed by atoms with Crippen molar-refractivity contribution in [2.24, 2.45) is 0 Å². The van der Waals surface area contributed by atoms with E-state index in [9.17, 15) is 0 Å². The maximum atomic E-state index is 2.60. The molecule has 1 aliphatic rings. The van der Waals surface area contributed by atoms with Gasteiger partial charge in [-0.15, -0.1) is 0 Å². The van der Waals surface area contributed by atoms with Crippen molar-refractivity contribution in [1.29, 1.82) is 0 Å². The largest absolute Gasteiger partial charge is 0.0734 e. The third-order valence-electron chi connectivity index (χ3n) is 1.84. The highest BCUT2D eigenvalue weighted by atomic mass is 127. The fraction of sp³-hybridized carbons (Fsp3) is 1.00. The van der Waals surface area contributed by atoms with Gasteiger partial charge in [0.25, 0.3) is 0 Å². The van der Waals surface area contributed by atoms with E-state index in [2.05, 4.69) is 45.2 Å². The van der Waals surface area contributed by atoms with E-state index in [-0.39, 0.29) is 0 Å². The third-order valence-corrected chi connectivity index (χ3v) is 3.99. The topological polar surface area (TPSA) is 0 Å². The molecule has 0 radical (unpaired) electrons. The maximum Gasteiger partial charge on any atom is 0.0734 e. The molecule has 0 N–H and O–H groups in total. The smallest absolute Gasteiger partial charge is 0.0672 e. The Kier molecular flexibility index (Phi) is 3.55. The molecule has 0 spiro atoms. The average molecular weight is 350 g/mol. The second kappa shape index (κ2) is 3.74. The van der Waals surface area contributed by atoms with Crippen LogP contribution in [0.25, 0.3) is 0 Å². The zero-order chi connectivity index (χ0) is 6.74. The highest BCUT2D eigenvalue weighted by Gasteiger charge is 2.22. The van der Waals surface area contributed by atoms with E-state index in [1.54, 1.807) is 0 Å².